The Morgan fingerprint density at radius 3 is 2.56 bits per heavy atom. The van der Waals surface area contributed by atoms with Crippen molar-refractivity contribution in [2.75, 3.05) is 26.1 Å². The zero-order valence-electron chi connectivity index (χ0n) is 19.5. The molecule has 0 bridgehead atoms. The smallest absolute Gasteiger partial charge is 0.344 e. The Kier molecular flexibility index (Phi) is 6.90. The summed E-state index contributed by atoms with van der Waals surface area (Å²) < 4.78 is 21.8. The molecule has 2 aliphatic heterocycles. The highest BCUT2D eigenvalue weighted by atomic mass is 16.6. The highest BCUT2D eigenvalue weighted by Gasteiger charge is 2.47. The Morgan fingerprint density at radius 1 is 1.12 bits per heavy atom. The highest BCUT2D eigenvalue weighted by Crippen LogP contribution is 2.45. The van der Waals surface area contributed by atoms with Crippen LogP contribution in [0.2, 0.25) is 0 Å². The summed E-state index contributed by atoms with van der Waals surface area (Å²) in [4.78, 5) is 39.9. The molecule has 1 N–H and O–H groups in total. The second kappa shape index (κ2) is 10.0. The largest absolute Gasteiger partial charge is 0.494 e. The molecule has 0 aliphatic carbocycles. The van der Waals surface area contributed by atoms with Crippen molar-refractivity contribution in [2.45, 2.75) is 44.9 Å². The molecule has 180 valence electrons. The van der Waals surface area contributed by atoms with Gasteiger partial charge in [0.25, 0.3) is 0 Å². The summed E-state index contributed by atoms with van der Waals surface area (Å²) in [5, 5.41) is 2.85. The summed E-state index contributed by atoms with van der Waals surface area (Å²) in [7, 11) is 2.90. The van der Waals surface area contributed by atoms with E-state index in [-0.39, 0.29) is 29.5 Å². The summed E-state index contributed by atoms with van der Waals surface area (Å²) in [6, 6.07) is 9.60. The fraction of sp³-hybridized carbons (Fsp3) is 0.400. The molecule has 2 atom stereocenters. The van der Waals surface area contributed by atoms with Crippen molar-refractivity contribution in [3.8, 4) is 17.2 Å². The van der Waals surface area contributed by atoms with Gasteiger partial charge in [0.1, 0.15) is 17.4 Å². The Balaban J connectivity index is 1.52. The van der Waals surface area contributed by atoms with Crippen molar-refractivity contribution in [1.29, 1.82) is 0 Å². The third-order valence-electron chi connectivity index (χ3n) is 5.97. The van der Waals surface area contributed by atoms with E-state index in [1.54, 1.807) is 36.4 Å². The van der Waals surface area contributed by atoms with Crippen molar-refractivity contribution in [2.24, 2.45) is 0 Å². The number of amides is 2. The highest BCUT2D eigenvalue weighted by molar-refractivity contribution is 6.01. The van der Waals surface area contributed by atoms with Crippen LogP contribution in [0.1, 0.15) is 54.8 Å². The lowest BCUT2D eigenvalue weighted by Crippen LogP contribution is -2.43. The van der Waals surface area contributed by atoms with Gasteiger partial charge in [0, 0.05) is 17.7 Å². The minimum Gasteiger partial charge on any atom is -0.494 e. The van der Waals surface area contributed by atoms with E-state index < -0.39 is 18.2 Å². The number of anilines is 1. The number of cyclic esters (lactones) is 1. The van der Waals surface area contributed by atoms with Crippen molar-refractivity contribution >= 4 is 23.5 Å². The van der Waals surface area contributed by atoms with E-state index in [1.165, 1.54) is 19.1 Å². The number of unbranched alkanes of at least 4 members (excludes halogenated alkanes) is 1. The second-order valence-electron chi connectivity index (χ2n) is 8.09. The summed E-state index contributed by atoms with van der Waals surface area (Å²) in [6.45, 7) is 2.73. The number of rotatable bonds is 9. The Labute approximate surface area is 197 Å². The number of carbonyl (C=O) groups excluding carboxylic acids is 3. The minimum atomic E-state index is -1.01. The third kappa shape index (κ3) is 4.37. The standard InChI is InChI=1S/C25H28N2O7/c1-4-5-14-33-16-8-6-15(7-9-16)26-23(29)18-11-13-20(28)27(18)24-17-10-12-19(31-2)22(32-3)21(17)25(30)34-24/h6-10,12,18,24H,4-5,11,13-14H2,1-3H3,(H,26,29). The van der Waals surface area contributed by atoms with Crippen LogP contribution in [0.3, 0.4) is 0 Å². The van der Waals surface area contributed by atoms with Gasteiger partial charge in [-0.15, -0.1) is 0 Å². The van der Waals surface area contributed by atoms with E-state index in [9.17, 15) is 14.4 Å². The van der Waals surface area contributed by atoms with E-state index in [4.69, 9.17) is 18.9 Å². The molecule has 0 radical (unpaired) electrons. The number of nitrogens with zero attached hydrogens (tertiary/aromatic N) is 1. The molecule has 4 rings (SSSR count). The molecular weight excluding hydrogens is 440 g/mol. The van der Waals surface area contributed by atoms with E-state index in [0.29, 0.717) is 30.0 Å². The molecule has 2 aromatic rings. The van der Waals surface area contributed by atoms with E-state index >= 15 is 0 Å². The summed E-state index contributed by atoms with van der Waals surface area (Å²) in [5.41, 5.74) is 1.25. The summed E-state index contributed by atoms with van der Waals surface area (Å²) >= 11 is 0. The first-order valence-electron chi connectivity index (χ1n) is 11.3. The number of hydrogen-bond acceptors (Lipinski definition) is 7. The van der Waals surface area contributed by atoms with Gasteiger partial charge in [-0.1, -0.05) is 13.3 Å². The second-order valence-corrected chi connectivity index (χ2v) is 8.09. The summed E-state index contributed by atoms with van der Waals surface area (Å²) in [6.07, 6.45) is 1.50. The molecule has 34 heavy (non-hydrogen) atoms. The maximum Gasteiger partial charge on any atom is 0.344 e. The zero-order chi connectivity index (χ0) is 24.2. The van der Waals surface area contributed by atoms with Gasteiger partial charge in [-0.05, 0) is 49.2 Å². The van der Waals surface area contributed by atoms with E-state index in [2.05, 4.69) is 12.2 Å². The van der Waals surface area contributed by atoms with Gasteiger partial charge in [0.05, 0.1) is 20.8 Å². The Hall–Kier alpha value is -3.75. The Morgan fingerprint density at radius 2 is 1.88 bits per heavy atom. The van der Waals surface area contributed by atoms with Crippen molar-refractivity contribution in [1.82, 2.24) is 4.90 Å². The number of methoxy groups -OCH3 is 2. The van der Waals surface area contributed by atoms with Crippen molar-refractivity contribution in [3.63, 3.8) is 0 Å². The van der Waals surface area contributed by atoms with Crippen LogP contribution in [0.5, 0.6) is 17.2 Å². The maximum absolute atomic E-state index is 13.1. The lowest BCUT2D eigenvalue weighted by molar-refractivity contribution is -0.144. The van der Waals surface area contributed by atoms with Gasteiger partial charge in [-0.3, -0.25) is 14.5 Å². The van der Waals surface area contributed by atoms with Crippen molar-refractivity contribution in [3.05, 3.63) is 47.5 Å². The topological polar surface area (TPSA) is 103 Å². The molecule has 0 aromatic heterocycles. The number of fused-ring (bicyclic) bond motifs is 1. The Bertz CT molecular complexity index is 1080. The van der Waals surface area contributed by atoms with Gasteiger partial charge < -0.3 is 24.3 Å². The van der Waals surface area contributed by atoms with E-state index in [0.717, 1.165) is 18.6 Å². The number of carbonyl (C=O) groups is 3. The number of nitrogens with one attached hydrogen (secondary N) is 1. The number of benzene rings is 2. The van der Waals surface area contributed by atoms with Gasteiger partial charge in [-0.25, -0.2) is 4.79 Å². The molecule has 2 aromatic carbocycles. The lowest BCUT2D eigenvalue weighted by Gasteiger charge is -2.29. The molecule has 1 fully saturated rings. The molecule has 0 saturated carbocycles. The number of ether oxygens (including phenoxy) is 4. The van der Waals surface area contributed by atoms with Gasteiger partial charge in [-0.2, -0.15) is 0 Å². The molecule has 9 nitrogen and oxygen atoms in total. The number of esters is 1. The average Bonchev–Trinajstić information content (AvgIpc) is 3.39. The van der Waals surface area contributed by atoms with Crippen LogP contribution in [-0.2, 0) is 14.3 Å². The van der Waals surface area contributed by atoms with Crippen LogP contribution in [0, 0.1) is 0 Å². The van der Waals surface area contributed by atoms with Gasteiger partial charge in [0.2, 0.25) is 18.0 Å². The first kappa shape index (κ1) is 23.4. The normalized spacial score (nSPS) is 19.0. The average molecular weight is 469 g/mol. The molecule has 2 amide bonds. The van der Waals surface area contributed by atoms with E-state index in [1.807, 2.05) is 0 Å². The maximum atomic E-state index is 13.1. The fourth-order valence-corrected chi connectivity index (χ4v) is 4.24. The first-order valence-corrected chi connectivity index (χ1v) is 11.3. The third-order valence-corrected chi connectivity index (χ3v) is 5.97. The van der Waals surface area contributed by atoms with Crippen LogP contribution >= 0.6 is 0 Å². The van der Waals surface area contributed by atoms with Crippen LogP contribution in [-0.4, -0.2) is 49.6 Å². The first-order chi connectivity index (χ1) is 16.5. The van der Waals surface area contributed by atoms with Crippen LogP contribution < -0.4 is 19.5 Å². The predicted molar refractivity (Wildman–Crippen MR) is 123 cm³/mol. The van der Waals surface area contributed by atoms with Crippen LogP contribution in [0.15, 0.2) is 36.4 Å². The zero-order valence-corrected chi connectivity index (χ0v) is 19.5. The monoisotopic (exact) mass is 468 g/mol. The predicted octanol–water partition coefficient (Wildman–Crippen LogP) is 3.68. The van der Waals surface area contributed by atoms with Crippen LogP contribution in [0.4, 0.5) is 5.69 Å². The quantitative estimate of drug-likeness (QED) is 0.442. The molecule has 1 saturated heterocycles. The molecule has 0 spiro atoms. The molecule has 2 aliphatic rings. The summed E-state index contributed by atoms with van der Waals surface area (Å²) in [5.74, 6) is 0.0939. The lowest BCUT2D eigenvalue weighted by atomic mass is 10.1. The minimum absolute atomic E-state index is 0.180. The molecule has 2 unspecified atom stereocenters. The van der Waals surface area contributed by atoms with Gasteiger partial charge >= 0.3 is 5.97 Å². The SMILES string of the molecule is CCCCOc1ccc(NC(=O)C2CCC(=O)N2C2OC(=O)c3c2ccc(OC)c3OC)cc1. The molecule has 9 heteroatoms. The van der Waals surface area contributed by atoms with Crippen molar-refractivity contribution < 1.29 is 33.3 Å². The number of likely N-dealkylation sites (tertiary alicyclic amines) is 1. The van der Waals surface area contributed by atoms with Gasteiger partial charge in [0.15, 0.2) is 11.5 Å². The fourth-order valence-electron chi connectivity index (χ4n) is 4.24. The molecule has 2 heterocycles. The molecular formula is C25H28N2O7. The van der Waals surface area contributed by atoms with Crippen LogP contribution in [0.25, 0.3) is 0 Å². The number of hydrogen-bond donors (Lipinski definition) is 1.